The van der Waals surface area contributed by atoms with Gasteiger partial charge < -0.3 is 10.1 Å². The van der Waals surface area contributed by atoms with Crippen LogP contribution in [0.3, 0.4) is 0 Å². The second kappa shape index (κ2) is 5.69. The fraction of sp³-hybridized carbons (Fsp3) is 0.462. The molecule has 2 rings (SSSR count). The number of hydrogen-bond donors (Lipinski definition) is 1. The normalized spacial score (nSPS) is 10.5. The van der Waals surface area contributed by atoms with Crippen LogP contribution >= 0.6 is 0 Å². The molecule has 0 aliphatic heterocycles. The van der Waals surface area contributed by atoms with Crippen molar-refractivity contribution in [3.8, 4) is 5.88 Å². The number of ether oxygens (including phenoxy) is 1. The molecule has 19 heavy (non-hydrogen) atoms. The molecule has 0 fully saturated rings. The summed E-state index contributed by atoms with van der Waals surface area (Å²) in [4.78, 5) is 8.26. The van der Waals surface area contributed by atoms with Gasteiger partial charge in [-0.15, -0.1) is 0 Å². The van der Waals surface area contributed by atoms with Crippen molar-refractivity contribution in [1.29, 1.82) is 0 Å². The molecule has 6 nitrogen and oxygen atoms in total. The topological polar surface area (TPSA) is 64.9 Å². The largest absolute Gasteiger partial charge is 0.481 e. The highest BCUT2D eigenvalue weighted by molar-refractivity contribution is 5.39. The maximum Gasteiger partial charge on any atom is 0.216 e. The van der Waals surface area contributed by atoms with Gasteiger partial charge in [-0.25, -0.2) is 14.6 Å². The third-order valence-corrected chi connectivity index (χ3v) is 2.95. The zero-order valence-corrected chi connectivity index (χ0v) is 11.8. The van der Waals surface area contributed by atoms with E-state index in [0.717, 1.165) is 35.1 Å². The fourth-order valence-corrected chi connectivity index (χ4v) is 2.05. The van der Waals surface area contributed by atoms with Gasteiger partial charge in [-0.05, 0) is 13.3 Å². The first-order valence-electron chi connectivity index (χ1n) is 6.27. The molecule has 0 spiro atoms. The Bertz CT molecular complexity index is 564. The van der Waals surface area contributed by atoms with Crippen molar-refractivity contribution in [3.63, 3.8) is 0 Å². The molecule has 0 radical (unpaired) electrons. The maximum absolute atomic E-state index is 5.40. The van der Waals surface area contributed by atoms with Gasteiger partial charge in [-0.1, -0.05) is 6.92 Å². The average Bonchev–Trinajstić information content (AvgIpc) is 2.71. The minimum absolute atomic E-state index is 0.636. The van der Waals surface area contributed by atoms with Gasteiger partial charge in [0.25, 0.3) is 0 Å². The summed E-state index contributed by atoms with van der Waals surface area (Å²) in [6.45, 7) is 4.66. The van der Waals surface area contributed by atoms with Crippen LogP contribution in [0, 0.1) is 6.92 Å². The molecule has 0 bridgehead atoms. The van der Waals surface area contributed by atoms with E-state index in [1.807, 2.05) is 20.0 Å². The van der Waals surface area contributed by atoms with Crippen LogP contribution in [-0.2, 0) is 20.0 Å². The molecule has 0 saturated carbocycles. The Morgan fingerprint density at radius 2 is 2.16 bits per heavy atom. The minimum atomic E-state index is 0.636. The molecule has 0 saturated heterocycles. The van der Waals surface area contributed by atoms with E-state index in [1.165, 1.54) is 0 Å². The molecule has 0 atom stereocenters. The second-order valence-electron chi connectivity index (χ2n) is 4.31. The molecule has 0 amide bonds. The van der Waals surface area contributed by atoms with Gasteiger partial charge in [0.15, 0.2) is 0 Å². The van der Waals surface area contributed by atoms with Crippen molar-refractivity contribution in [2.45, 2.75) is 26.8 Å². The molecule has 2 aromatic heterocycles. The van der Waals surface area contributed by atoms with Crippen LogP contribution in [0.2, 0.25) is 0 Å². The summed E-state index contributed by atoms with van der Waals surface area (Å²) >= 11 is 0. The van der Waals surface area contributed by atoms with E-state index in [0.29, 0.717) is 6.54 Å². The van der Waals surface area contributed by atoms with Crippen LogP contribution in [0.1, 0.15) is 23.9 Å². The molecule has 0 aromatic carbocycles. The first-order chi connectivity index (χ1) is 9.15. The summed E-state index contributed by atoms with van der Waals surface area (Å²) in [5.74, 6) is 1.59. The van der Waals surface area contributed by atoms with Crippen LogP contribution in [0.4, 0.5) is 5.82 Å². The van der Waals surface area contributed by atoms with Gasteiger partial charge in [-0.2, -0.15) is 5.10 Å². The van der Waals surface area contributed by atoms with E-state index in [2.05, 4.69) is 27.3 Å². The van der Waals surface area contributed by atoms with Gasteiger partial charge in [-0.3, -0.25) is 0 Å². The van der Waals surface area contributed by atoms with E-state index in [9.17, 15) is 0 Å². The van der Waals surface area contributed by atoms with Gasteiger partial charge >= 0.3 is 0 Å². The molecule has 2 aromatic rings. The lowest BCUT2D eigenvalue weighted by atomic mass is 10.2. The van der Waals surface area contributed by atoms with Gasteiger partial charge in [0.2, 0.25) is 5.88 Å². The van der Waals surface area contributed by atoms with Crippen molar-refractivity contribution >= 4 is 5.82 Å². The molecule has 2 heterocycles. The van der Waals surface area contributed by atoms with E-state index >= 15 is 0 Å². The zero-order chi connectivity index (χ0) is 13.8. The summed E-state index contributed by atoms with van der Waals surface area (Å²) < 4.78 is 7.16. The molecule has 0 aliphatic carbocycles. The Morgan fingerprint density at radius 3 is 2.79 bits per heavy atom. The molecular weight excluding hydrogens is 242 g/mol. The summed E-state index contributed by atoms with van der Waals surface area (Å²) in [7, 11) is 3.55. The quantitative estimate of drug-likeness (QED) is 0.887. The van der Waals surface area contributed by atoms with Crippen molar-refractivity contribution < 1.29 is 4.74 Å². The number of anilines is 1. The lowest BCUT2D eigenvalue weighted by Gasteiger charge is -2.08. The number of rotatable bonds is 5. The van der Waals surface area contributed by atoms with E-state index in [1.54, 1.807) is 18.1 Å². The van der Waals surface area contributed by atoms with Gasteiger partial charge in [0, 0.05) is 25.4 Å². The smallest absolute Gasteiger partial charge is 0.216 e. The van der Waals surface area contributed by atoms with Crippen molar-refractivity contribution in [2.24, 2.45) is 7.05 Å². The third-order valence-electron chi connectivity index (χ3n) is 2.95. The fourth-order valence-electron chi connectivity index (χ4n) is 2.05. The SMILES string of the molecule is CCc1nn(C)c(OC)c1CNc1cc(C)ncn1. The standard InChI is InChI=1S/C13H19N5O/c1-5-11-10(13(19-4)18(3)17-11)7-14-12-6-9(2)15-8-16-12/h6,8H,5,7H2,1-4H3,(H,14,15,16). The number of nitrogens with zero attached hydrogens (tertiary/aromatic N) is 4. The lowest BCUT2D eigenvalue weighted by Crippen LogP contribution is -2.05. The monoisotopic (exact) mass is 261 g/mol. The summed E-state index contributed by atoms with van der Waals surface area (Å²) in [6.07, 6.45) is 2.43. The first-order valence-corrected chi connectivity index (χ1v) is 6.27. The molecule has 1 N–H and O–H groups in total. The Labute approximate surface area is 112 Å². The van der Waals surface area contributed by atoms with Crippen molar-refractivity contribution in [3.05, 3.63) is 29.3 Å². The van der Waals surface area contributed by atoms with Crippen molar-refractivity contribution in [1.82, 2.24) is 19.7 Å². The Morgan fingerprint density at radius 1 is 1.37 bits per heavy atom. The number of hydrogen-bond acceptors (Lipinski definition) is 5. The maximum atomic E-state index is 5.40. The minimum Gasteiger partial charge on any atom is -0.481 e. The van der Waals surface area contributed by atoms with Gasteiger partial charge in [0.05, 0.1) is 18.4 Å². The van der Waals surface area contributed by atoms with E-state index in [4.69, 9.17) is 4.74 Å². The summed E-state index contributed by atoms with van der Waals surface area (Å²) in [5.41, 5.74) is 3.05. The van der Waals surface area contributed by atoms with Crippen LogP contribution in [0.5, 0.6) is 5.88 Å². The highest BCUT2D eigenvalue weighted by Gasteiger charge is 2.15. The Balaban J connectivity index is 2.19. The highest BCUT2D eigenvalue weighted by atomic mass is 16.5. The average molecular weight is 261 g/mol. The van der Waals surface area contributed by atoms with Crippen molar-refractivity contribution in [2.75, 3.05) is 12.4 Å². The predicted octanol–water partition coefficient (Wildman–Crippen LogP) is 1.70. The van der Waals surface area contributed by atoms with Crippen LogP contribution < -0.4 is 10.1 Å². The Kier molecular flexibility index (Phi) is 3.99. The van der Waals surface area contributed by atoms with E-state index in [-0.39, 0.29) is 0 Å². The van der Waals surface area contributed by atoms with Crippen LogP contribution in [0.15, 0.2) is 12.4 Å². The molecule has 0 aliphatic rings. The predicted molar refractivity (Wildman–Crippen MR) is 73.2 cm³/mol. The molecule has 0 unspecified atom stereocenters. The molecule has 6 heteroatoms. The van der Waals surface area contributed by atoms with E-state index < -0.39 is 0 Å². The Hall–Kier alpha value is -2.11. The second-order valence-corrected chi connectivity index (χ2v) is 4.31. The number of aromatic nitrogens is 4. The molecule has 102 valence electrons. The van der Waals surface area contributed by atoms with Crippen LogP contribution in [-0.4, -0.2) is 26.9 Å². The number of methoxy groups -OCH3 is 1. The highest BCUT2D eigenvalue weighted by Crippen LogP contribution is 2.22. The number of nitrogens with one attached hydrogen (secondary N) is 1. The first kappa shape index (κ1) is 13.3. The summed E-state index contributed by atoms with van der Waals surface area (Å²) in [5, 5.41) is 7.73. The van der Waals surface area contributed by atoms with Crippen LogP contribution in [0.25, 0.3) is 0 Å². The molecular formula is C13H19N5O. The third kappa shape index (κ3) is 2.83. The zero-order valence-electron chi connectivity index (χ0n) is 11.8. The van der Waals surface area contributed by atoms with Gasteiger partial charge in [0.1, 0.15) is 12.1 Å². The summed E-state index contributed by atoms with van der Waals surface area (Å²) in [6, 6.07) is 1.91. The number of aryl methyl sites for hydroxylation is 3. The lowest BCUT2D eigenvalue weighted by molar-refractivity contribution is 0.369.